The highest BCUT2D eigenvalue weighted by atomic mass is 35.5. The van der Waals surface area contributed by atoms with Crippen LogP contribution in [0, 0.1) is 0 Å². The zero-order valence-corrected chi connectivity index (χ0v) is 22.5. The molecule has 4 heterocycles. The van der Waals surface area contributed by atoms with Crippen molar-refractivity contribution >= 4 is 34.8 Å². The van der Waals surface area contributed by atoms with Gasteiger partial charge >= 0.3 is 6.18 Å². The van der Waals surface area contributed by atoms with Crippen LogP contribution in [-0.4, -0.2) is 67.2 Å². The van der Waals surface area contributed by atoms with Crippen LogP contribution in [0.25, 0.3) is 17.1 Å². The van der Waals surface area contributed by atoms with Crippen LogP contribution in [0.15, 0.2) is 48.9 Å². The third-order valence-corrected chi connectivity index (χ3v) is 6.85. The van der Waals surface area contributed by atoms with Gasteiger partial charge in [-0.3, -0.25) is 9.59 Å². The third-order valence-electron chi connectivity index (χ3n) is 6.54. The van der Waals surface area contributed by atoms with Crippen LogP contribution in [0.4, 0.5) is 24.5 Å². The number of carbonyl (C=O) groups is 2. The number of alkyl halides is 3. The van der Waals surface area contributed by atoms with Gasteiger partial charge in [0.15, 0.2) is 17.3 Å². The van der Waals surface area contributed by atoms with E-state index in [1.54, 1.807) is 4.90 Å². The number of aromatic nitrogens is 5. The van der Waals surface area contributed by atoms with Gasteiger partial charge in [-0.15, -0.1) is 0 Å². The summed E-state index contributed by atoms with van der Waals surface area (Å²) < 4.78 is 43.9. The second-order valence-electron chi connectivity index (χ2n) is 9.35. The first kappa shape index (κ1) is 28.1. The van der Waals surface area contributed by atoms with E-state index in [1.807, 2.05) is 0 Å². The number of hydrogen-bond donors (Lipinski definition) is 3. The first-order chi connectivity index (χ1) is 19.5. The molecule has 15 heteroatoms. The van der Waals surface area contributed by atoms with Gasteiger partial charge in [0.2, 0.25) is 0 Å². The monoisotopic (exact) mass is 587 g/mol. The van der Waals surface area contributed by atoms with Crippen LogP contribution < -0.4 is 16.4 Å². The molecule has 3 aromatic heterocycles. The lowest BCUT2D eigenvalue weighted by Crippen LogP contribution is -2.34. The minimum atomic E-state index is -4.79. The van der Waals surface area contributed by atoms with E-state index in [2.05, 4.69) is 25.7 Å². The fourth-order valence-electron chi connectivity index (χ4n) is 4.46. The number of imidazole rings is 1. The SMILES string of the molecule is Cn1c(-c2cn(-c3ccc(N)cn3)nc2C(F)(F)F)cnc1C(=O)Nc1ccc(C(=O)N2CCCNCC2)c(Cl)c1. The Kier molecular flexibility index (Phi) is 7.69. The molecule has 11 nitrogen and oxygen atoms in total. The molecule has 0 spiro atoms. The molecular formula is C26H25ClF3N9O2. The molecule has 5 rings (SSSR count). The molecule has 0 aliphatic carbocycles. The maximum atomic E-state index is 13.9. The van der Waals surface area contributed by atoms with Gasteiger partial charge in [-0.25, -0.2) is 14.6 Å². The topological polar surface area (TPSA) is 136 Å². The number of nitrogens with zero attached hydrogens (tertiary/aromatic N) is 6. The summed E-state index contributed by atoms with van der Waals surface area (Å²) in [5.74, 6) is -0.920. The number of rotatable bonds is 5. The Hall–Kier alpha value is -4.43. The molecule has 2 amide bonds. The van der Waals surface area contributed by atoms with Crippen LogP contribution in [0.5, 0.6) is 0 Å². The number of pyridine rings is 1. The largest absolute Gasteiger partial charge is 0.435 e. The highest BCUT2D eigenvalue weighted by Crippen LogP contribution is 2.37. The summed E-state index contributed by atoms with van der Waals surface area (Å²) in [5, 5.41) is 9.71. The minimum Gasteiger partial charge on any atom is -0.397 e. The van der Waals surface area contributed by atoms with Crippen molar-refractivity contribution in [1.29, 1.82) is 0 Å². The summed E-state index contributed by atoms with van der Waals surface area (Å²) in [6.07, 6.45) is -0.340. The van der Waals surface area contributed by atoms with Crippen molar-refractivity contribution in [2.45, 2.75) is 12.6 Å². The highest BCUT2D eigenvalue weighted by molar-refractivity contribution is 6.34. The van der Waals surface area contributed by atoms with E-state index in [9.17, 15) is 22.8 Å². The first-order valence-electron chi connectivity index (χ1n) is 12.5. The zero-order valence-electron chi connectivity index (χ0n) is 21.7. The standard InChI is InChI=1S/C26H25ClF3N9O2/c1-37-20(18-14-39(36-22(18)26(28,29)30)21-6-3-15(31)12-33-21)13-34-23(37)24(40)35-16-4-5-17(19(27)11-16)25(41)38-9-2-7-32-8-10-38/h3-6,11-14,32H,2,7-10,31H2,1H3,(H,35,40). The molecule has 4 aromatic rings. The summed E-state index contributed by atoms with van der Waals surface area (Å²) in [5.41, 5.74) is 5.11. The average Bonchev–Trinajstić information content (AvgIpc) is 3.43. The van der Waals surface area contributed by atoms with Gasteiger partial charge < -0.3 is 25.8 Å². The number of nitrogen functional groups attached to an aromatic ring is 1. The average molecular weight is 588 g/mol. The Balaban J connectivity index is 1.38. The predicted octanol–water partition coefficient (Wildman–Crippen LogP) is 3.61. The van der Waals surface area contributed by atoms with Crippen LogP contribution in [-0.2, 0) is 13.2 Å². The normalized spacial score (nSPS) is 14.1. The molecule has 0 radical (unpaired) electrons. The number of anilines is 2. The molecule has 1 aliphatic heterocycles. The summed E-state index contributed by atoms with van der Waals surface area (Å²) >= 11 is 6.39. The molecule has 0 unspecified atom stereocenters. The number of nitrogens with two attached hydrogens (primary N) is 1. The summed E-state index contributed by atoms with van der Waals surface area (Å²) in [6, 6.07) is 7.42. The quantitative estimate of drug-likeness (QED) is 0.324. The van der Waals surface area contributed by atoms with Crippen molar-refractivity contribution in [3.8, 4) is 17.1 Å². The van der Waals surface area contributed by atoms with Gasteiger partial charge in [-0.05, 0) is 43.3 Å². The number of halogens is 4. The van der Waals surface area contributed by atoms with Gasteiger partial charge in [0.25, 0.3) is 11.8 Å². The van der Waals surface area contributed by atoms with E-state index < -0.39 is 17.8 Å². The summed E-state index contributed by atoms with van der Waals surface area (Å²) in [6.45, 7) is 2.68. The molecule has 214 valence electrons. The second-order valence-corrected chi connectivity index (χ2v) is 9.76. The second kappa shape index (κ2) is 11.2. The lowest BCUT2D eigenvalue weighted by atomic mass is 10.1. The van der Waals surface area contributed by atoms with E-state index in [1.165, 1.54) is 48.1 Å². The van der Waals surface area contributed by atoms with Crippen LogP contribution in [0.2, 0.25) is 5.02 Å². The number of benzene rings is 1. The molecular weight excluding hydrogens is 563 g/mol. The number of carbonyl (C=O) groups excluding carboxylic acids is 2. The van der Waals surface area contributed by atoms with Gasteiger partial charge in [0.05, 0.1) is 39.9 Å². The number of nitrogens with one attached hydrogen (secondary N) is 2. The predicted molar refractivity (Wildman–Crippen MR) is 146 cm³/mol. The van der Waals surface area contributed by atoms with Crippen molar-refractivity contribution in [1.82, 2.24) is 34.5 Å². The Morgan fingerprint density at radius 1 is 1.10 bits per heavy atom. The molecule has 41 heavy (non-hydrogen) atoms. The smallest absolute Gasteiger partial charge is 0.397 e. The summed E-state index contributed by atoms with van der Waals surface area (Å²) in [4.78, 5) is 35.8. The van der Waals surface area contributed by atoms with Crippen LogP contribution >= 0.6 is 11.6 Å². The van der Waals surface area contributed by atoms with Crippen molar-refractivity contribution in [3.63, 3.8) is 0 Å². The van der Waals surface area contributed by atoms with E-state index in [-0.39, 0.29) is 39.5 Å². The minimum absolute atomic E-state index is 0.00934. The Morgan fingerprint density at radius 2 is 1.90 bits per heavy atom. The Labute approximate surface area is 237 Å². The van der Waals surface area contributed by atoms with E-state index in [0.29, 0.717) is 30.9 Å². The highest BCUT2D eigenvalue weighted by Gasteiger charge is 2.39. The molecule has 1 fully saturated rings. The van der Waals surface area contributed by atoms with Crippen molar-refractivity contribution in [2.24, 2.45) is 7.05 Å². The fourth-order valence-corrected chi connectivity index (χ4v) is 4.73. The number of amides is 2. The molecule has 4 N–H and O–H groups in total. The molecule has 0 bridgehead atoms. The van der Waals surface area contributed by atoms with Crippen molar-refractivity contribution < 1.29 is 22.8 Å². The van der Waals surface area contributed by atoms with Crippen molar-refractivity contribution in [3.05, 3.63) is 71.0 Å². The molecule has 0 atom stereocenters. The Bertz CT molecular complexity index is 1590. The Morgan fingerprint density at radius 3 is 2.61 bits per heavy atom. The van der Waals surface area contributed by atoms with Gasteiger partial charge in [0, 0.05) is 38.6 Å². The van der Waals surface area contributed by atoms with E-state index >= 15 is 0 Å². The van der Waals surface area contributed by atoms with Crippen molar-refractivity contribution in [2.75, 3.05) is 37.2 Å². The third kappa shape index (κ3) is 5.88. The fraction of sp³-hybridized carbons (Fsp3) is 0.269. The van der Waals surface area contributed by atoms with Crippen LogP contribution in [0.1, 0.15) is 33.1 Å². The van der Waals surface area contributed by atoms with Gasteiger partial charge in [-0.2, -0.15) is 18.3 Å². The molecule has 1 aliphatic rings. The van der Waals surface area contributed by atoms with Crippen LogP contribution in [0.3, 0.4) is 0 Å². The lowest BCUT2D eigenvalue weighted by molar-refractivity contribution is -0.140. The molecule has 1 saturated heterocycles. The summed E-state index contributed by atoms with van der Waals surface area (Å²) in [7, 11) is 1.42. The maximum absolute atomic E-state index is 13.9. The molecule has 1 aromatic carbocycles. The number of hydrogen-bond acceptors (Lipinski definition) is 7. The maximum Gasteiger partial charge on any atom is 0.435 e. The first-order valence-corrected chi connectivity index (χ1v) is 12.9. The van der Waals surface area contributed by atoms with Gasteiger partial charge in [0.1, 0.15) is 0 Å². The zero-order chi connectivity index (χ0) is 29.3. The molecule has 0 saturated carbocycles. The lowest BCUT2D eigenvalue weighted by Gasteiger charge is -2.20. The van der Waals surface area contributed by atoms with Gasteiger partial charge in [-0.1, -0.05) is 11.6 Å². The van der Waals surface area contributed by atoms with E-state index in [0.717, 1.165) is 30.0 Å². The van der Waals surface area contributed by atoms with E-state index in [4.69, 9.17) is 17.3 Å².